The molecule has 0 bridgehead atoms. The van der Waals surface area contributed by atoms with E-state index in [-0.39, 0.29) is 6.04 Å². The van der Waals surface area contributed by atoms with Crippen molar-refractivity contribution in [1.82, 2.24) is 5.32 Å². The van der Waals surface area contributed by atoms with E-state index in [0.29, 0.717) is 6.61 Å². The van der Waals surface area contributed by atoms with Crippen molar-refractivity contribution in [2.75, 3.05) is 13.2 Å². The molecule has 3 nitrogen and oxygen atoms in total. The van der Waals surface area contributed by atoms with Crippen LogP contribution in [0, 0.1) is 0 Å². The van der Waals surface area contributed by atoms with Crippen molar-refractivity contribution in [2.24, 2.45) is 0 Å². The fourth-order valence-corrected chi connectivity index (χ4v) is 2.31. The van der Waals surface area contributed by atoms with Gasteiger partial charge in [0.2, 0.25) is 0 Å². The van der Waals surface area contributed by atoms with E-state index in [9.17, 15) is 0 Å². The summed E-state index contributed by atoms with van der Waals surface area (Å²) in [6.07, 6.45) is 0. The summed E-state index contributed by atoms with van der Waals surface area (Å²) in [5.41, 5.74) is 1.16. The van der Waals surface area contributed by atoms with E-state index in [4.69, 9.17) is 9.15 Å². The summed E-state index contributed by atoms with van der Waals surface area (Å²) < 4.78 is 11.9. The van der Waals surface area contributed by atoms with Crippen molar-refractivity contribution in [1.29, 1.82) is 0 Å². The molecule has 2 rings (SSSR count). The zero-order valence-electron chi connectivity index (χ0n) is 11.2. The maximum atomic E-state index is 5.65. The lowest BCUT2D eigenvalue weighted by molar-refractivity contribution is 0.340. The summed E-state index contributed by atoms with van der Waals surface area (Å²) >= 11 is 3.34. The zero-order chi connectivity index (χ0) is 13.7. The van der Waals surface area contributed by atoms with Crippen LogP contribution in [0.5, 0.6) is 5.75 Å². The van der Waals surface area contributed by atoms with Crippen molar-refractivity contribution in [3.8, 4) is 5.75 Å². The smallest absolute Gasteiger partial charge is 0.169 e. The molecule has 0 saturated carbocycles. The predicted molar refractivity (Wildman–Crippen MR) is 79.5 cm³/mol. The summed E-state index contributed by atoms with van der Waals surface area (Å²) in [6.45, 7) is 5.62. The summed E-state index contributed by atoms with van der Waals surface area (Å²) in [5, 5.41) is 3.42. The Hall–Kier alpha value is -1.26. The van der Waals surface area contributed by atoms with Gasteiger partial charge in [-0.1, -0.05) is 19.1 Å². The van der Waals surface area contributed by atoms with Crippen molar-refractivity contribution in [3.63, 3.8) is 0 Å². The Bertz CT molecular complexity index is 507. The van der Waals surface area contributed by atoms with E-state index in [1.54, 1.807) is 0 Å². The van der Waals surface area contributed by atoms with Crippen LogP contribution in [-0.2, 0) is 0 Å². The van der Waals surface area contributed by atoms with E-state index in [1.807, 2.05) is 31.2 Å². The van der Waals surface area contributed by atoms with Crippen LogP contribution < -0.4 is 10.1 Å². The first-order valence-electron chi connectivity index (χ1n) is 6.46. The first-order chi connectivity index (χ1) is 9.24. The Kier molecular flexibility index (Phi) is 5.05. The van der Waals surface area contributed by atoms with Gasteiger partial charge in [-0.2, -0.15) is 0 Å². The molecule has 0 fully saturated rings. The molecule has 1 heterocycles. The van der Waals surface area contributed by atoms with Gasteiger partial charge in [-0.05, 0) is 59.2 Å². The number of halogens is 1. The monoisotopic (exact) mass is 323 g/mol. The van der Waals surface area contributed by atoms with Crippen LogP contribution in [0.3, 0.4) is 0 Å². The molecule has 102 valence electrons. The van der Waals surface area contributed by atoms with Gasteiger partial charge in [0.25, 0.3) is 0 Å². The molecule has 1 unspecified atom stereocenters. The molecule has 0 spiro atoms. The first kappa shape index (κ1) is 14.2. The van der Waals surface area contributed by atoms with Crippen LogP contribution in [0.15, 0.2) is 45.5 Å². The molecule has 0 amide bonds. The molecule has 0 aliphatic rings. The van der Waals surface area contributed by atoms with Crippen LogP contribution in [0.2, 0.25) is 0 Å². The molecular weight excluding hydrogens is 306 g/mol. The van der Waals surface area contributed by atoms with Crippen molar-refractivity contribution < 1.29 is 9.15 Å². The van der Waals surface area contributed by atoms with E-state index in [0.717, 1.165) is 28.3 Å². The van der Waals surface area contributed by atoms with Gasteiger partial charge < -0.3 is 14.5 Å². The summed E-state index contributed by atoms with van der Waals surface area (Å²) in [5.74, 6) is 1.79. The fourth-order valence-electron chi connectivity index (χ4n) is 1.99. The van der Waals surface area contributed by atoms with Gasteiger partial charge in [-0.3, -0.25) is 0 Å². The van der Waals surface area contributed by atoms with Gasteiger partial charge >= 0.3 is 0 Å². The minimum Gasteiger partial charge on any atom is -0.494 e. The van der Waals surface area contributed by atoms with Gasteiger partial charge in [0, 0.05) is 0 Å². The van der Waals surface area contributed by atoms with E-state index in [2.05, 4.69) is 40.3 Å². The molecule has 0 radical (unpaired) electrons. The highest BCUT2D eigenvalue weighted by Crippen LogP contribution is 2.27. The molecular formula is C15H18BrNO2. The Balaban J connectivity index is 2.23. The average molecular weight is 324 g/mol. The molecule has 0 aliphatic heterocycles. The summed E-state index contributed by atoms with van der Waals surface area (Å²) in [7, 11) is 0. The third-order valence-electron chi connectivity index (χ3n) is 2.81. The molecule has 1 aromatic carbocycles. The van der Waals surface area contributed by atoms with Gasteiger partial charge in [0.1, 0.15) is 11.5 Å². The zero-order valence-corrected chi connectivity index (χ0v) is 12.7. The number of furan rings is 1. The molecule has 19 heavy (non-hydrogen) atoms. The van der Waals surface area contributed by atoms with Crippen LogP contribution >= 0.6 is 15.9 Å². The van der Waals surface area contributed by atoms with E-state index < -0.39 is 0 Å². The van der Waals surface area contributed by atoms with Crippen molar-refractivity contribution in [2.45, 2.75) is 19.9 Å². The SMILES string of the molecule is CCNC(c1ccc(OCC)cc1)c1ccc(Br)o1. The molecule has 4 heteroatoms. The Morgan fingerprint density at radius 2 is 1.89 bits per heavy atom. The second-order valence-electron chi connectivity index (χ2n) is 4.13. The molecule has 1 N–H and O–H groups in total. The lowest BCUT2D eigenvalue weighted by Gasteiger charge is -2.16. The number of rotatable bonds is 6. The number of nitrogens with one attached hydrogen (secondary N) is 1. The second-order valence-corrected chi connectivity index (χ2v) is 4.92. The highest BCUT2D eigenvalue weighted by atomic mass is 79.9. The molecule has 1 atom stereocenters. The number of hydrogen-bond acceptors (Lipinski definition) is 3. The van der Waals surface area contributed by atoms with Crippen LogP contribution in [0.4, 0.5) is 0 Å². The fraction of sp³-hybridized carbons (Fsp3) is 0.333. The highest BCUT2D eigenvalue weighted by molar-refractivity contribution is 9.10. The lowest BCUT2D eigenvalue weighted by Crippen LogP contribution is -2.21. The number of ether oxygens (including phenoxy) is 1. The van der Waals surface area contributed by atoms with Crippen molar-refractivity contribution in [3.05, 3.63) is 52.4 Å². The predicted octanol–water partition coefficient (Wildman–Crippen LogP) is 4.14. The summed E-state index contributed by atoms with van der Waals surface area (Å²) in [6, 6.07) is 12.1. The van der Waals surface area contributed by atoms with Gasteiger partial charge in [0.15, 0.2) is 4.67 Å². The van der Waals surface area contributed by atoms with Crippen molar-refractivity contribution >= 4 is 15.9 Å². The number of hydrogen-bond donors (Lipinski definition) is 1. The van der Waals surface area contributed by atoms with Crippen LogP contribution in [0.1, 0.15) is 31.2 Å². The maximum Gasteiger partial charge on any atom is 0.169 e. The first-order valence-corrected chi connectivity index (χ1v) is 7.25. The maximum absolute atomic E-state index is 5.65. The Labute approximate surface area is 122 Å². The third kappa shape index (κ3) is 3.61. The van der Waals surface area contributed by atoms with Gasteiger partial charge in [-0.25, -0.2) is 0 Å². The van der Waals surface area contributed by atoms with Gasteiger partial charge in [-0.15, -0.1) is 0 Å². The number of benzene rings is 1. The Morgan fingerprint density at radius 3 is 2.42 bits per heavy atom. The molecule has 0 saturated heterocycles. The summed E-state index contributed by atoms with van der Waals surface area (Å²) in [4.78, 5) is 0. The minimum absolute atomic E-state index is 0.0620. The lowest BCUT2D eigenvalue weighted by atomic mass is 10.0. The quantitative estimate of drug-likeness (QED) is 0.867. The van der Waals surface area contributed by atoms with Crippen LogP contribution in [0.25, 0.3) is 0 Å². The van der Waals surface area contributed by atoms with Crippen LogP contribution in [-0.4, -0.2) is 13.2 Å². The molecule has 1 aromatic heterocycles. The minimum atomic E-state index is 0.0620. The highest BCUT2D eigenvalue weighted by Gasteiger charge is 2.16. The Morgan fingerprint density at radius 1 is 1.16 bits per heavy atom. The standard InChI is InChI=1S/C15H18BrNO2/c1-3-17-15(13-9-10-14(16)19-13)11-5-7-12(8-6-11)18-4-2/h5-10,15,17H,3-4H2,1-2H3. The van der Waals surface area contributed by atoms with E-state index in [1.165, 1.54) is 0 Å². The molecule has 2 aromatic rings. The van der Waals surface area contributed by atoms with E-state index >= 15 is 0 Å². The van der Waals surface area contributed by atoms with Gasteiger partial charge in [0.05, 0.1) is 12.6 Å². The third-order valence-corrected chi connectivity index (χ3v) is 3.24. The topological polar surface area (TPSA) is 34.4 Å². The molecule has 0 aliphatic carbocycles. The largest absolute Gasteiger partial charge is 0.494 e. The normalized spacial score (nSPS) is 12.4. The average Bonchev–Trinajstić information content (AvgIpc) is 2.84. The second kappa shape index (κ2) is 6.78.